The molecule has 2 aliphatic rings. The molecule has 0 spiro atoms. The quantitative estimate of drug-likeness (QED) is 0.249. The van der Waals surface area contributed by atoms with E-state index in [4.69, 9.17) is 4.74 Å². The van der Waals surface area contributed by atoms with Gasteiger partial charge in [-0.1, -0.05) is 43.2 Å². The van der Waals surface area contributed by atoms with Crippen LogP contribution in [-0.2, 0) is 19.1 Å². The molecule has 0 bridgehead atoms. The maximum Gasteiger partial charge on any atom is 0.308 e. The molecule has 7 heteroatoms. The van der Waals surface area contributed by atoms with E-state index < -0.39 is 6.04 Å². The number of ether oxygens (including phenoxy) is 1. The molecule has 2 fully saturated rings. The third kappa shape index (κ3) is 7.06. The number of carbonyl (C=O) groups excluding carboxylic acids is 3. The third-order valence-electron chi connectivity index (χ3n) is 6.45. The van der Waals surface area contributed by atoms with E-state index in [2.05, 4.69) is 0 Å². The molecular weight excluding hydrogens is 396 g/mol. The Morgan fingerprint density at radius 3 is 2.35 bits per heavy atom. The van der Waals surface area contributed by atoms with Crippen molar-refractivity contribution in [3.63, 3.8) is 0 Å². The van der Waals surface area contributed by atoms with Crippen molar-refractivity contribution in [2.24, 2.45) is 5.92 Å². The smallest absolute Gasteiger partial charge is 0.308 e. The van der Waals surface area contributed by atoms with Gasteiger partial charge in [0.25, 0.3) is 0 Å². The van der Waals surface area contributed by atoms with Crippen LogP contribution in [0.15, 0.2) is 30.3 Å². The first kappa shape index (κ1) is 23.3. The van der Waals surface area contributed by atoms with Gasteiger partial charge in [-0.2, -0.15) is 0 Å². The lowest BCUT2D eigenvalue weighted by molar-refractivity contribution is -0.154. The zero-order valence-electron chi connectivity index (χ0n) is 18.2. The molecule has 31 heavy (non-hydrogen) atoms. The van der Waals surface area contributed by atoms with Crippen molar-refractivity contribution in [2.45, 2.75) is 76.4 Å². The van der Waals surface area contributed by atoms with Crippen LogP contribution in [0.2, 0.25) is 0 Å². The Hall–Kier alpha value is -2.41. The summed E-state index contributed by atoms with van der Waals surface area (Å²) >= 11 is 0. The lowest BCUT2D eigenvalue weighted by atomic mass is 9.98. The molecule has 170 valence electrons. The van der Waals surface area contributed by atoms with Gasteiger partial charge in [0, 0.05) is 13.0 Å². The summed E-state index contributed by atoms with van der Waals surface area (Å²) in [6.45, 7) is 0.499. The highest BCUT2D eigenvalue weighted by molar-refractivity contribution is 5.78. The summed E-state index contributed by atoms with van der Waals surface area (Å²) in [6.07, 6.45) is 8.82. The van der Waals surface area contributed by atoms with Crippen LogP contribution in [0.3, 0.4) is 0 Å². The van der Waals surface area contributed by atoms with E-state index in [1.807, 2.05) is 30.3 Å². The molecule has 1 N–H and O–H groups in total. The third-order valence-corrected chi connectivity index (χ3v) is 6.45. The first-order valence-electron chi connectivity index (χ1n) is 11.5. The molecule has 0 radical (unpaired) electrons. The zero-order valence-corrected chi connectivity index (χ0v) is 18.2. The predicted molar refractivity (Wildman–Crippen MR) is 115 cm³/mol. The summed E-state index contributed by atoms with van der Waals surface area (Å²) in [6, 6.07) is 9.17. The van der Waals surface area contributed by atoms with Crippen LogP contribution in [0.1, 0.15) is 75.8 Å². The Balaban J connectivity index is 1.78. The van der Waals surface area contributed by atoms with Crippen molar-refractivity contribution < 1.29 is 24.3 Å². The number of nitrogens with zero attached hydrogens (tertiary/aromatic N) is 2. The van der Waals surface area contributed by atoms with Gasteiger partial charge >= 0.3 is 5.97 Å². The fraction of sp³-hybridized carbons (Fsp3) is 0.625. The molecule has 1 aromatic carbocycles. The molecule has 0 saturated heterocycles. The molecule has 0 aliphatic heterocycles. The predicted octanol–water partition coefficient (Wildman–Crippen LogP) is 3.86. The van der Waals surface area contributed by atoms with E-state index in [0.29, 0.717) is 23.9 Å². The van der Waals surface area contributed by atoms with Gasteiger partial charge in [-0.15, -0.1) is 0 Å². The van der Waals surface area contributed by atoms with E-state index in [1.54, 1.807) is 4.90 Å². The summed E-state index contributed by atoms with van der Waals surface area (Å²) in [7, 11) is 0. The summed E-state index contributed by atoms with van der Waals surface area (Å²) in [5.41, 5.74) is 0.897. The second-order valence-corrected chi connectivity index (χ2v) is 8.74. The average molecular weight is 431 g/mol. The topological polar surface area (TPSA) is 87.2 Å². The van der Waals surface area contributed by atoms with Gasteiger partial charge in [-0.3, -0.25) is 19.6 Å². The monoisotopic (exact) mass is 430 g/mol. The minimum atomic E-state index is -0.424. The number of benzene rings is 1. The van der Waals surface area contributed by atoms with Gasteiger partial charge < -0.3 is 9.64 Å². The molecule has 0 aromatic heterocycles. The van der Waals surface area contributed by atoms with Gasteiger partial charge in [-0.25, -0.2) is 5.06 Å². The fourth-order valence-corrected chi connectivity index (χ4v) is 4.76. The number of amides is 2. The highest BCUT2D eigenvalue weighted by Crippen LogP contribution is 2.32. The Labute approximate surface area is 184 Å². The van der Waals surface area contributed by atoms with Gasteiger partial charge in [-0.05, 0) is 50.0 Å². The fourth-order valence-electron chi connectivity index (χ4n) is 4.76. The largest absolute Gasteiger partial charge is 0.462 e. The van der Waals surface area contributed by atoms with Gasteiger partial charge in [0.1, 0.15) is 6.10 Å². The van der Waals surface area contributed by atoms with Crippen LogP contribution in [0.4, 0.5) is 0 Å². The van der Waals surface area contributed by atoms with Crippen molar-refractivity contribution in [3.05, 3.63) is 35.9 Å². The van der Waals surface area contributed by atoms with Crippen molar-refractivity contribution >= 4 is 18.3 Å². The number of hydrogen-bond acceptors (Lipinski definition) is 5. The number of hydroxylamine groups is 2. The van der Waals surface area contributed by atoms with E-state index in [-0.39, 0.29) is 37.4 Å². The van der Waals surface area contributed by atoms with E-state index in [1.165, 1.54) is 0 Å². The minimum absolute atomic E-state index is 0.00294. The van der Waals surface area contributed by atoms with Gasteiger partial charge in [0.05, 0.1) is 19.0 Å². The van der Waals surface area contributed by atoms with Crippen LogP contribution >= 0.6 is 0 Å². The SMILES string of the molecule is O=CN(O)CCC(=O)N(CC1CCCC1)C(CC(=O)OC1CCCC1)c1ccccc1. The highest BCUT2D eigenvalue weighted by atomic mass is 16.5. The maximum absolute atomic E-state index is 13.2. The number of rotatable bonds is 11. The van der Waals surface area contributed by atoms with Crippen molar-refractivity contribution in [2.75, 3.05) is 13.1 Å². The number of esters is 1. The van der Waals surface area contributed by atoms with Crippen LogP contribution < -0.4 is 0 Å². The Kier molecular flexibility index (Phi) is 8.88. The average Bonchev–Trinajstić information content (AvgIpc) is 3.49. The van der Waals surface area contributed by atoms with E-state index in [9.17, 15) is 19.6 Å². The zero-order chi connectivity index (χ0) is 22.1. The molecule has 3 rings (SSSR count). The lowest BCUT2D eigenvalue weighted by Gasteiger charge is -2.34. The molecule has 0 heterocycles. The second kappa shape index (κ2) is 11.8. The summed E-state index contributed by atoms with van der Waals surface area (Å²) in [5.74, 6) is -0.0470. The van der Waals surface area contributed by atoms with Crippen molar-refractivity contribution in [1.29, 1.82) is 0 Å². The van der Waals surface area contributed by atoms with E-state index in [0.717, 1.165) is 56.9 Å². The van der Waals surface area contributed by atoms with Crippen LogP contribution in [0, 0.1) is 5.92 Å². The molecule has 7 nitrogen and oxygen atoms in total. The van der Waals surface area contributed by atoms with Gasteiger partial charge in [0.2, 0.25) is 12.3 Å². The molecular formula is C24H34N2O5. The molecule has 1 unspecified atom stereocenters. The molecule has 2 amide bonds. The molecule has 1 atom stereocenters. The molecule has 2 aliphatic carbocycles. The Bertz CT molecular complexity index is 714. The maximum atomic E-state index is 13.2. The van der Waals surface area contributed by atoms with Crippen LogP contribution in [0.5, 0.6) is 0 Å². The Morgan fingerprint density at radius 2 is 1.71 bits per heavy atom. The van der Waals surface area contributed by atoms with Crippen molar-refractivity contribution in [3.8, 4) is 0 Å². The first-order chi connectivity index (χ1) is 15.1. The summed E-state index contributed by atoms with van der Waals surface area (Å²) < 4.78 is 5.71. The van der Waals surface area contributed by atoms with Crippen molar-refractivity contribution in [1.82, 2.24) is 9.96 Å². The molecule has 1 aromatic rings. The number of hydrogen-bond donors (Lipinski definition) is 1. The van der Waals surface area contributed by atoms with Crippen LogP contribution in [0.25, 0.3) is 0 Å². The van der Waals surface area contributed by atoms with E-state index >= 15 is 0 Å². The first-order valence-corrected chi connectivity index (χ1v) is 11.5. The van der Waals surface area contributed by atoms with Gasteiger partial charge in [0.15, 0.2) is 0 Å². The lowest BCUT2D eigenvalue weighted by Crippen LogP contribution is -2.40. The molecule has 2 saturated carbocycles. The normalized spacial score (nSPS) is 18.0. The Morgan fingerprint density at radius 1 is 1.06 bits per heavy atom. The summed E-state index contributed by atoms with van der Waals surface area (Å²) in [4.78, 5) is 38.5. The van der Waals surface area contributed by atoms with Crippen LogP contribution in [-0.4, -0.2) is 52.7 Å². The highest BCUT2D eigenvalue weighted by Gasteiger charge is 2.32. The second-order valence-electron chi connectivity index (χ2n) is 8.74. The number of carbonyl (C=O) groups is 3. The summed E-state index contributed by atoms with van der Waals surface area (Å²) in [5, 5.41) is 9.94. The minimum Gasteiger partial charge on any atom is -0.462 e. The standard InChI is InChI=1S/C24H34N2O5/c27-18-25(30)15-14-23(28)26(17-19-8-4-5-9-19)22(20-10-2-1-3-11-20)16-24(29)31-21-12-6-7-13-21/h1-3,10-11,18-19,21-22,30H,4-9,12-17H2.